The maximum Gasteiger partial charge on any atom is 0.270 e. The molecule has 0 radical (unpaired) electrons. The zero-order valence-electron chi connectivity index (χ0n) is 7.56. The molecule has 5 nitrogen and oxygen atoms in total. The molecule has 0 fully saturated rings. The number of hydrogen-bond donors (Lipinski definition) is 1. The van der Waals surface area contributed by atoms with Gasteiger partial charge in [-0.1, -0.05) is 0 Å². The van der Waals surface area contributed by atoms with Crippen LogP contribution in [0.1, 0.15) is 6.92 Å². The Hall–Kier alpha value is -1.36. The van der Waals surface area contributed by atoms with Crippen molar-refractivity contribution >= 4 is 0 Å². The summed E-state index contributed by atoms with van der Waals surface area (Å²) in [4.78, 5) is 11.2. The highest BCUT2D eigenvalue weighted by Crippen LogP contribution is 2.02. The molecule has 0 aliphatic heterocycles. The minimum atomic E-state index is -0.156. The first-order valence-corrected chi connectivity index (χ1v) is 4.18. The van der Waals surface area contributed by atoms with Crippen LogP contribution < -0.4 is 16.0 Å². The average Bonchev–Trinajstić information content (AvgIpc) is 2.15. The van der Waals surface area contributed by atoms with Crippen molar-refractivity contribution in [2.75, 3.05) is 13.2 Å². The van der Waals surface area contributed by atoms with Crippen LogP contribution in [0.5, 0.6) is 5.75 Å². The zero-order valence-corrected chi connectivity index (χ0v) is 7.56. The number of ether oxygens (including phenoxy) is 1. The third-order valence-corrected chi connectivity index (χ3v) is 1.53. The highest BCUT2D eigenvalue weighted by atomic mass is 16.5. The number of hydrogen-bond acceptors (Lipinski definition) is 4. The summed E-state index contributed by atoms with van der Waals surface area (Å²) in [6, 6.07) is 1.41. The molecule has 0 bridgehead atoms. The van der Waals surface area contributed by atoms with Crippen LogP contribution in [-0.4, -0.2) is 22.9 Å². The van der Waals surface area contributed by atoms with Crippen LogP contribution in [0.2, 0.25) is 0 Å². The van der Waals surface area contributed by atoms with Crippen LogP contribution in [0.25, 0.3) is 0 Å². The summed E-state index contributed by atoms with van der Waals surface area (Å²) in [5.41, 5.74) is 5.09. The molecule has 0 saturated carbocycles. The lowest BCUT2D eigenvalue weighted by Crippen LogP contribution is -2.21. The molecule has 0 aliphatic rings. The molecule has 0 spiro atoms. The van der Waals surface area contributed by atoms with Gasteiger partial charge in [0.2, 0.25) is 0 Å². The molecule has 0 aliphatic carbocycles. The summed E-state index contributed by atoms with van der Waals surface area (Å²) < 4.78 is 6.49. The number of aryl methyl sites for hydroxylation is 1. The minimum Gasteiger partial charge on any atom is -0.490 e. The van der Waals surface area contributed by atoms with E-state index in [1.807, 2.05) is 6.92 Å². The molecular weight excluding hydrogens is 170 g/mol. The van der Waals surface area contributed by atoms with E-state index in [0.29, 0.717) is 25.4 Å². The molecule has 0 amide bonds. The van der Waals surface area contributed by atoms with Crippen molar-refractivity contribution in [3.63, 3.8) is 0 Å². The van der Waals surface area contributed by atoms with Crippen LogP contribution in [0.15, 0.2) is 17.1 Å². The Balaban J connectivity index is 2.77. The Bertz CT molecular complexity index is 321. The van der Waals surface area contributed by atoms with Crippen LogP contribution in [0.4, 0.5) is 0 Å². The number of aromatic nitrogens is 2. The lowest BCUT2D eigenvalue weighted by Gasteiger charge is -2.04. The zero-order chi connectivity index (χ0) is 9.68. The molecular formula is C8H13N3O2. The lowest BCUT2D eigenvalue weighted by molar-refractivity contribution is 0.324. The van der Waals surface area contributed by atoms with Crippen LogP contribution in [0, 0.1) is 0 Å². The van der Waals surface area contributed by atoms with E-state index < -0.39 is 0 Å². The molecule has 1 aromatic rings. The van der Waals surface area contributed by atoms with Crippen LogP contribution >= 0.6 is 0 Å². The molecule has 2 N–H and O–H groups in total. The Morgan fingerprint density at radius 1 is 1.69 bits per heavy atom. The Labute approximate surface area is 76.1 Å². The monoisotopic (exact) mass is 183 g/mol. The molecule has 0 aromatic carbocycles. The Kier molecular flexibility index (Phi) is 3.45. The van der Waals surface area contributed by atoms with Crippen molar-refractivity contribution in [3.8, 4) is 5.75 Å². The predicted octanol–water partition coefficient (Wildman–Crippen LogP) is -0.399. The average molecular weight is 183 g/mol. The van der Waals surface area contributed by atoms with E-state index in [-0.39, 0.29) is 5.56 Å². The standard InChI is InChI=1S/C8H13N3O2/c1-2-11-8(12)5-7(6-10-11)13-4-3-9/h5-6H,2-4,9H2,1H3. The van der Waals surface area contributed by atoms with Crippen molar-refractivity contribution in [1.29, 1.82) is 0 Å². The molecule has 5 heteroatoms. The van der Waals surface area contributed by atoms with Gasteiger partial charge in [0.1, 0.15) is 12.4 Å². The Morgan fingerprint density at radius 2 is 2.46 bits per heavy atom. The van der Waals surface area contributed by atoms with E-state index in [4.69, 9.17) is 10.5 Å². The van der Waals surface area contributed by atoms with E-state index in [1.165, 1.54) is 16.9 Å². The topological polar surface area (TPSA) is 70.1 Å². The van der Waals surface area contributed by atoms with Gasteiger partial charge in [0, 0.05) is 19.2 Å². The molecule has 1 rings (SSSR count). The van der Waals surface area contributed by atoms with Gasteiger partial charge in [0.05, 0.1) is 6.20 Å². The predicted molar refractivity (Wildman–Crippen MR) is 48.7 cm³/mol. The second-order valence-corrected chi connectivity index (χ2v) is 2.48. The summed E-state index contributed by atoms with van der Waals surface area (Å²) in [6.45, 7) is 3.25. The van der Waals surface area contributed by atoms with Crippen molar-refractivity contribution < 1.29 is 4.74 Å². The fourth-order valence-electron chi connectivity index (χ4n) is 0.910. The fourth-order valence-corrected chi connectivity index (χ4v) is 0.910. The fraction of sp³-hybridized carbons (Fsp3) is 0.500. The normalized spacial score (nSPS) is 10.0. The van der Waals surface area contributed by atoms with Gasteiger partial charge in [0.15, 0.2) is 0 Å². The van der Waals surface area contributed by atoms with Gasteiger partial charge in [0.25, 0.3) is 5.56 Å². The third-order valence-electron chi connectivity index (χ3n) is 1.53. The molecule has 72 valence electrons. The molecule has 0 atom stereocenters. The van der Waals surface area contributed by atoms with Crippen molar-refractivity contribution in [3.05, 3.63) is 22.6 Å². The summed E-state index contributed by atoms with van der Waals surface area (Å²) in [7, 11) is 0. The van der Waals surface area contributed by atoms with E-state index in [2.05, 4.69) is 5.10 Å². The molecule has 1 heterocycles. The van der Waals surface area contributed by atoms with Gasteiger partial charge in [-0.05, 0) is 6.92 Å². The molecule has 0 unspecified atom stereocenters. The number of rotatable bonds is 4. The van der Waals surface area contributed by atoms with Crippen molar-refractivity contribution in [2.45, 2.75) is 13.5 Å². The molecule has 0 saturated heterocycles. The van der Waals surface area contributed by atoms with Gasteiger partial charge in [-0.2, -0.15) is 5.10 Å². The van der Waals surface area contributed by atoms with Gasteiger partial charge >= 0.3 is 0 Å². The van der Waals surface area contributed by atoms with E-state index in [1.54, 1.807) is 0 Å². The molecule has 1 aromatic heterocycles. The first-order valence-electron chi connectivity index (χ1n) is 4.18. The van der Waals surface area contributed by atoms with Crippen LogP contribution in [-0.2, 0) is 6.54 Å². The molecule has 13 heavy (non-hydrogen) atoms. The minimum absolute atomic E-state index is 0.156. The van der Waals surface area contributed by atoms with E-state index in [9.17, 15) is 4.79 Å². The second-order valence-electron chi connectivity index (χ2n) is 2.48. The highest BCUT2D eigenvalue weighted by Gasteiger charge is 1.97. The van der Waals surface area contributed by atoms with Crippen molar-refractivity contribution in [1.82, 2.24) is 9.78 Å². The van der Waals surface area contributed by atoms with Crippen molar-refractivity contribution in [2.24, 2.45) is 5.73 Å². The van der Waals surface area contributed by atoms with Gasteiger partial charge < -0.3 is 10.5 Å². The highest BCUT2D eigenvalue weighted by molar-refractivity contribution is 5.13. The lowest BCUT2D eigenvalue weighted by atomic mass is 10.5. The van der Waals surface area contributed by atoms with Crippen LogP contribution in [0.3, 0.4) is 0 Å². The van der Waals surface area contributed by atoms with Gasteiger partial charge in [-0.3, -0.25) is 4.79 Å². The first kappa shape index (κ1) is 9.73. The number of nitrogens with zero attached hydrogens (tertiary/aromatic N) is 2. The van der Waals surface area contributed by atoms with E-state index in [0.717, 1.165) is 0 Å². The first-order chi connectivity index (χ1) is 6.27. The summed E-state index contributed by atoms with van der Waals surface area (Å²) in [6.07, 6.45) is 1.51. The summed E-state index contributed by atoms with van der Waals surface area (Å²) >= 11 is 0. The Morgan fingerprint density at radius 3 is 3.00 bits per heavy atom. The largest absolute Gasteiger partial charge is 0.490 e. The van der Waals surface area contributed by atoms with Gasteiger partial charge in [-0.15, -0.1) is 0 Å². The third kappa shape index (κ3) is 2.55. The van der Waals surface area contributed by atoms with E-state index >= 15 is 0 Å². The SMILES string of the molecule is CCn1ncc(OCCN)cc1=O. The summed E-state index contributed by atoms with van der Waals surface area (Å²) in [5.74, 6) is 0.472. The number of nitrogens with two attached hydrogens (primary N) is 1. The second kappa shape index (κ2) is 4.61. The maximum absolute atomic E-state index is 11.2. The smallest absolute Gasteiger partial charge is 0.270 e. The quantitative estimate of drug-likeness (QED) is 0.689. The van der Waals surface area contributed by atoms with Gasteiger partial charge in [-0.25, -0.2) is 4.68 Å². The maximum atomic E-state index is 11.2. The summed E-state index contributed by atoms with van der Waals surface area (Å²) in [5, 5.41) is 3.89.